The molecule has 0 atom stereocenters. The van der Waals surface area contributed by atoms with E-state index in [2.05, 4.69) is 25.1 Å². The molecule has 4 aliphatic carbocycles. The van der Waals surface area contributed by atoms with Gasteiger partial charge in [-0.2, -0.15) is 0 Å². The second-order valence-electron chi connectivity index (χ2n) is 8.01. The second kappa shape index (κ2) is 5.51. The third-order valence-electron chi connectivity index (χ3n) is 6.54. The fourth-order valence-corrected chi connectivity index (χ4v) is 7.11. The number of hydrogen-bond donors (Lipinski definition) is 0. The predicted octanol–water partition coefficient (Wildman–Crippen LogP) is 6.68. The van der Waals surface area contributed by atoms with Gasteiger partial charge in [0.25, 0.3) is 0 Å². The number of ether oxygens (including phenoxy) is 1. The van der Waals surface area contributed by atoms with Crippen LogP contribution >= 0.6 is 22.9 Å². The molecule has 3 heteroatoms. The zero-order valence-electron chi connectivity index (χ0n) is 14.3. The molecule has 0 saturated heterocycles. The van der Waals surface area contributed by atoms with Crippen molar-refractivity contribution in [3.05, 3.63) is 39.2 Å². The first-order chi connectivity index (χ1) is 11.6. The molecule has 4 bridgehead atoms. The van der Waals surface area contributed by atoms with Crippen molar-refractivity contribution in [1.29, 1.82) is 0 Å². The van der Waals surface area contributed by atoms with Gasteiger partial charge in [-0.15, -0.1) is 11.3 Å². The lowest BCUT2D eigenvalue weighted by molar-refractivity contribution is 0.0676. The molecule has 126 valence electrons. The van der Waals surface area contributed by atoms with Gasteiger partial charge in [0.05, 0.1) is 17.0 Å². The SMILES string of the molecule is COC(=C1C2CC3CC(C2)CC1C3)c1cc2c(Cl)c(C)ccc2s1. The molecule has 0 aliphatic heterocycles. The van der Waals surface area contributed by atoms with Gasteiger partial charge >= 0.3 is 0 Å². The van der Waals surface area contributed by atoms with Gasteiger partial charge < -0.3 is 4.74 Å². The van der Waals surface area contributed by atoms with E-state index in [0.717, 1.165) is 34.3 Å². The Morgan fingerprint density at radius 1 is 1.08 bits per heavy atom. The number of benzene rings is 1. The average Bonchev–Trinajstić information content (AvgIpc) is 2.98. The van der Waals surface area contributed by atoms with Crippen LogP contribution in [0.5, 0.6) is 0 Å². The Balaban J connectivity index is 1.65. The third-order valence-corrected chi connectivity index (χ3v) is 8.14. The smallest absolute Gasteiger partial charge is 0.135 e. The summed E-state index contributed by atoms with van der Waals surface area (Å²) in [4.78, 5) is 1.27. The maximum absolute atomic E-state index is 6.54. The summed E-state index contributed by atoms with van der Waals surface area (Å²) in [7, 11) is 1.85. The molecule has 6 rings (SSSR count). The van der Waals surface area contributed by atoms with Gasteiger partial charge in [-0.05, 0) is 86.0 Å². The first kappa shape index (κ1) is 15.3. The van der Waals surface area contributed by atoms with Gasteiger partial charge in [-0.3, -0.25) is 0 Å². The van der Waals surface area contributed by atoms with Gasteiger partial charge in [-0.25, -0.2) is 0 Å². The Kier molecular flexibility index (Phi) is 3.50. The van der Waals surface area contributed by atoms with Crippen LogP contribution in [0.3, 0.4) is 0 Å². The average molecular weight is 359 g/mol. The molecule has 0 N–H and O–H groups in total. The van der Waals surface area contributed by atoms with E-state index in [1.165, 1.54) is 52.8 Å². The summed E-state index contributed by atoms with van der Waals surface area (Å²) in [5, 5.41) is 2.07. The van der Waals surface area contributed by atoms with E-state index in [1.54, 1.807) is 5.57 Å². The highest BCUT2D eigenvalue weighted by Gasteiger charge is 2.46. The molecule has 4 fully saturated rings. The lowest BCUT2D eigenvalue weighted by Crippen LogP contribution is -2.40. The summed E-state index contributed by atoms with van der Waals surface area (Å²) in [5.74, 6) is 4.65. The van der Waals surface area contributed by atoms with Crippen LogP contribution in [-0.4, -0.2) is 7.11 Å². The Morgan fingerprint density at radius 2 is 1.75 bits per heavy atom. The van der Waals surface area contributed by atoms with E-state index >= 15 is 0 Å². The van der Waals surface area contributed by atoms with Crippen LogP contribution in [-0.2, 0) is 4.74 Å². The molecule has 0 amide bonds. The third kappa shape index (κ3) is 2.19. The highest BCUT2D eigenvalue weighted by atomic mass is 35.5. The van der Waals surface area contributed by atoms with E-state index in [0.29, 0.717) is 0 Å². The number of fused-ring (bicyclic) bond motifs is 1. The summed E-state index contributed by atoms with van der Waals surface area (Å²) < 4.78 is 7.27. The van der Waals surface area contributed by atoms with Gasteiger partial charge in [0, 0.05) is 10.1 Å². The van der Waals surface area contributed by atoms with Gasteiger partial charge in [0.1, 0.15) is 5.76 Å². The number of halogens is 1. The van der Waals surface area contributed by atoms with E-state index in [-0.39, 0.29) is 0 Å². The minimum atomic E-state index is 0.763. The molecule has 0 spiro atoms. The molecule has 2 aromatic rings. The van der Waals surface area contributed by atoms with Crippen molar-refractivity contribution in [1.82, 2.24) is 0 Å². The number of rotatable bonds is 2. The lowest BCUT2D eigenvalue weighted by atomic mass is 9.54. The predicted molar refractivity (Wildman–Crippen MR) is 103 cm³/mol. The molecule has 0 unspecified atom stereocenters. The zero-order valence-corrected chi connectivity index (χ0v) is 15.8. The zero-order chi connectivity index (χ0) is 16.4. The fourth-order valence-electron chi connectivity index (χ4n) is 5.72. The van der Waals surface area contributed by atoms with E-state index in [9.17, 15) is 0 Å². The van der Waals surface area contributed by atoms with Crippen molar-refractivity contribution in [2.45, 2.75) is 39.0 Å². The van der Waals surface area contributed by atoms with Crippen LogP contribution in [0.15, 0.2) is 23.8 Å². The molecule has 0 radical (unpaired) electrons. The van der Waals surface area contributed by atoms with Crippen LogP contribution in [0.25, 0.3) is 15.8 Å². The maximum atomic E-state index is 6.54. The normalized spacial score (nSPS) is 31.0. The molecule has 1 aromatic heterocycles. The standard InChI is InChI=1S/C21H23ClOS/c1-11-3-4-17-16(20(11)22)10-18(24-17)21(23-2)19-14-6-12-5-13(8-14)9-15(19)7-12/h3-4,10,12-15H,5-9H2,1-2H3. The van der Waals surface area contributed by atoms with E-state index < -0.39 is 0 Å². The maximum Gasteiger partial charge on any atom is 0.135 e. The summed E-state index contributed by atoms with van der Waals surface area (Å²) >= 11 is 8.37. The highest BCUT2D eigenvalue weighted by Crippen LogP contribution is 2.58. The second-order valence-corrected chi connectivity index (χ2v) is 9.47. The highest BCUT2D eigenvalue weighted by molar-refractivity contribution is 7.20. The van der Waals surface area contributed by atoms with Crippen molar-refractivity contribution in [3.63, 3.8) is 0 Å². The van der Waals surface area contributed by atoms with Crippen molar-refractivity contribution >= 4 is 38.8 Å². The van der Waals surface area contributed by atoms with E-state index in [4.69, 9.17) is 16.3 Å². The monoisotopic (exact) mass is 358 g/mol. The number of methoxy groups -OCH3 is 1. The van der Waals surface area contributed by atoms with E-state index in [1.807, 2.05) is 18.4 Å². The molecular formula is C21H23ClOS. The van der Waals surface area contributed by atoms with Crippen LogP contribution in [0.1, 0.15) is 42.5 Å². The molecule has 1 heterocycles. The summed E-state index contributed by atoms with van der Waals surface area (Å²) in [6, 6.07) is 6.57. The number of thiophene rings is 1. The number of hydrogen-bond acceptors (Lipinski definition) is 2. The van der Waals surface area contributed by atoms with Gasteiger partial charge in [0.15, 0.2) is 0 Å². The van der Waals surface area contributed by atoms with Gasteiger partial charge in [-0.1, -0.05) is 17.7 Å². The Morgan fingerprint density at radius 3 is 2.38 bits per heavy atom. The lowest BCUT2D eigenvalue weighted by Gasteiger charge is -2.51. The largest absolute Gasteiger partial charge is 0.495 e. The van der Waals surface area contributed by atoms with Crippen molar-refractivity contribution in [2.24, 2.45) is 23.7 Å². The van der Waals surface area contributed by atoms with Crippen LogP contribution in [0.2, 0.25) is 5.02 Å². The number of aryl methyl sites for hydroxylation is 1. The minimum absolute atomic E-state index is 0.763. The quantitative estimate of drug-likeness (QED) is 0.544. The van der Waals surface area contributed by atoms with Crippen LogP contribution in [0, 0.1) is 30.6 Å². The molecule has 4 aliphatic rings. The van der Waals surface area contributed by atoms with Gasteiger partial charge in [0.2, 0.25) is 0 Å². The Labute approximate surface area is 152 Å². The van der Waals surface area contributed by atoms with Crippen molar-refractivity contribution in [3.8, 4) is 0 Å². The fraction of sp³-hybridized carbons (Fsp3) is 0.524. The minimum Gasteiger partial charge on any atom is -0.495 e. The van der Waals surface area contributed by atoms with Crippen molar-refractivity contribution in [2.75, 3.05) is 7.11 Å². The van der Waals surface area contributed by atoms with Crippen LogP contribution in [0.4, 0.5) is 0 Å². The topological polar surface area (TPSA) is 9.23 Å². The summed E-state index contributed by atoms with van der Waals surface area (Å²) in [6.07, 6.45) is 7.04. The molecule has 1 aromatic carbocycles. The Hall–Kier alpha value is -0.990. The van der Waals surface area contributed by atoms with Crippen LogP contribution < -0.4 is 0 Å². The molecule has 1 nitrogen and oxygen atoms in total. The number of allylic oxidation sites excluding steroid dienone is 1. The first-order valence-electron chi connectivity index (χ1n) is 9.11. The first-order valence-corrected chi connectivity index (χ1v) is 10.3. The summed E-state index contributed by atoms with van der Waals surface area (Å²) in [5.41, 5.74) is 2.78. The molecule has 24 heavy (non-hydrogen) atoms. The Bertz CT molecular complexity index is 817. The summed E-state index contributed by atoms with van der Waals surface area (Å²) in [6.45, 7) is 2.08. The van der Waals surface area contributed by atoms with Crippen molar-refractivity contribution < 1.29 is 4.74 Å². The molecular weight excluding hydrogens is 336 g/mol. The molecule has 4 saturated carbocycles.